The zero-order chi connectivity index (χ0) is 15.6. The third-order valence-electron chi connectivity index (χ3n) is 3.14. The molecule has 0 unspecified atom stereocenters. The van der Waals surface area contributed by atoms with Crippen molar-refractivity contribution in [1.29, 1.82) is 0 Å². The van der Waals surface area contributed by atoms with Crippen molar-refractivity contribution in [3.8, 4) is 22.9 Å². The van der Waals surface area contributed by atoms with Crippen LogP contribution >= 0.6 is 11.6 Å². The van der Waals surface area contributed by atoms with Crippen LogP contribution in [0, 0.1) is 5.92 Å². The molecule has 1 aromatic heterocycles. The van der Waals surface area contributed by atoms with Crippen molar-refractivity contribution < 1.29 is 14.0 Å². The average molecular weight is 312 g/mol. The van der Waals surface area contributed by atoms with Crippen molar-refractivity contribution in [3.05, 3.63) is 23.0 Å². The second-order valence-corrected chi connectivity index (χ2v) is 5.33. The number of halogens is 1. The molecular weight excluding hydrogens is 294 g/mol. The molecule has 6 nitrogen and oxygen atoms in total. The van der Waals surface area contributed by atoms with Gasteiger partial charge in [-0.2, -0.15) is 4.98 Å². The largest absolute Gasteiger partial charge is 0.493 e. The van der Waals surface area contributed by atoms with Gasteiger partial charge < -0.3 is 19.7 Å². The SMILES string of the molecule is COc1cc(-c2noc([C@H](N)C(C)C)n2)cc(Cl)c1OC. The van der Waals surface area contributed by atoms with Crippen LogP contribution in [0.15, 0.2) is 16.7 Å². The molecule has 2 aromatic rings. The molecule has 0 aliphatic rings. The number of hydrogen-bond acceptors (Lipinski definition) is 6. The first-order valence-corrected chi connectivity index (χ1v) is 6.86. The lowest BCUT2D eigenvalue weighted by atomic mass is 10.1. The smallest absolute Gasteiger partial charge is 0.244 e. The number of hydrogen-bond donors (Lipinski definition) is 1. The number of nitrogens with zero attached hydrogens (tertiary/aromatic N) is 2. The predicted octanol–water partition coefficient (Wildman–Crippen LogP) is 3.06. The number of benzene rings is 1. The maximum atomic E-state index is 6.17. The Kier molecular flexibility index (Phi) is 4.69. The van der Waals surface area contributed by atoms with E-state index in [0.717, 1.165) is 0 Å². The molecule has 7 heteroatoms. The molecule has 0 fully saturated rings. The van der Waals surface area contributed by atoms with Gasteiger partial charge in [-0.25, -0.2) is 0 Å². The van der Waals surface area contributed by atoms with E-state index in [4.69, 9.17) is 31.3 Å². The molecule has 0 aliphatic heterocycles. The van der Waals surface area contributed by atoms with Crippen LogP contribution in [-0.2, 0) is 0 Å². The highest BCUT2D eigenvalue weighted by Gasteiger charge is 2.20. The molecule has 0 spiro atoms. The molecular formula is C14H18ClN3O3. The van der Waals surface area contributed by atoms with Crippen molar-refractivity contribution in [2.24, 2.45) is 11.7 Å². The van der Waals surface area contributed by atoms with Gasteiger partial charge >= 0.3 is 0 Å². The summed E-state index contributed by atoms with van der Waals surface area (Å²) in [6.07, 6.45) is 0. The van der Waals surface area contributed by atoms with E-state index in [1.165, 1.54) is 14.2 Å². The lowest BCUT2D eigenvalue weighted by Crippen LogP contribution is -2.16. The summed E-state index contributed by atoms with van der Waals surface area (Å²) in [6, 6.07) is 3.13. The van der Waals surface area contributed by atoms with E-state index < -0.39 is 0 Å². The first-order chi connectivity index (χ1) is 9.97. The van der Waals surface area contributed by atoms with Crippen molar-refractivity contribution >= 4 is 11.6 Å². The number of aromatic nitrogens is 2. The molecule has 1 heterocycles. The first-order valence-electron chi connectivity index (χ1n) is 6.49. The van der Waals surface area contributed by atoms with Crippen LogP contribution in [-0.4, -0.2) is 24.4 Å². The summed E-state index contributed by atoms with van der Waals surface area (Å²) in [4.78, 5) is 4.32. The van der Waals surface area contributed by atoms with Gasteiger partial charge in [0.25, 0.3) is 0 Å². The summed E-state index contributed by atoms with van der Waals surface area (Å²) in [7, 11) is 3.06. The fourth-order valence-corrected chi connectivity index (χ4v) is 2.11. The second kappa shape index (κ2) is 6.32. The molecule has 0 radical (unpaired) electrons. The van der Waals surface area contributed by atoms with Crippen LogP contribution in [0.1, 0.15) is 25.8 Å². The Morgan fingerprint density at radius 1 is 1.24 bits per heavy atom. The monoisotopic (exact) mass is 311 g/mol. The van der Waals surface area contributed by atoms with Gasteiger partial charge in [-0.15, -0.1) is 0 Å². The van der Waals surface area contributed by atoms with Crippen LogP contribution in [0.2, 0.25) is 5.02 Å². The van der Waals surface area contributed by atoms with E-state index in [1.54, 1.807) is 12.1 Å². The lowest BCUT2D eigenvalue weighted by molar-refractivity contribution is 0.325. The maximum absolute atomic E-state index is 6.17. The summed E-state index contributed by atoms with van der Waals surface area (Å²) >= 11 is 6.17. The van der Waals surface area contributed by atoms with E-state index in [2.05, 4.69) is 10.1 Å². The van der Waals surface area contributed by atoms with Crippen LogP contribution in [0.3, 0.4) is 0 Å². The molecule has 0 amide bonds. The highest BCUT2D eigenvalue weighted by Crippen LogP contribution is 2.38. The van der Waals surface area contributed by atoms with Gasteiger partial charge in [0.2, 0.25) is 11.7 Å². The fourth-order valence-electron chi connectivity index (χ4n) is 1.82. The predicted molar refractivity (Wildman–Crippen MR) is 79.6 cm³/mol. The Balaban J connectivity index is 2.41. The number of methoxy groups -OCH3 is 2. The van der Waals surface area contributed by atoms with Crippen molar-refractivity contribution in [2.45, 2.75) is 19.9 Å². The summed E-state index contributed by atoms with van der Waals surface area (Å²) in [5.74, 6) is 1.96. The van der Waals surface area contributed by atoms with Gasteiger partial charge in [0.05, 0.1) is 25.3 Å². The molecule has 0 saturated carbocycles. The van der Waals surface area contributed by atoms with Crippen LogP contribution in [0.25, 0.3) is 11.4 Å². The molecule has 114 valence electrons. The summed E-state index contributed by atoms with van der Waals surface area (Å²) in [5.41, 5.74) is 6.66. The zero-order valence-corrected chi connectivity index (χ0v) is 13.1. The van der Waals surface area contributed by atoms with Crippen LogP contribution < -0.4 is 15.2 Å². The average Bonchev–Trinajstić information content (AvgIpc) is 2.95. The third-order valence-corrected chi connectivity index (χ3v) is 3.42. The molecule has 2 rings (SSSR count). The topological polar surface area (TPSA) is 83.4 Å². The highest BCUT2D eigenvalue weighted by atomic mass is 35.5. The Hall–Kier alpha value is -1.79. The third kappa shape index (κ3) is 3.11. The lowest BCUT2D eigenvalue weighted by Gasteiger charge is -2.10. The minimum Gasteiger partial charge on any atom is -0.493 e. The van der Waals surface area contributed by atoms with Gasteiger partial charge in [-0.05, 0) is 18.1 Å². The Morgan fingerprint density at radius 3 is 2.52 bits per heavy atom. The van der Waals surface area contributed by atoms with Crippen LogP contribution in [0.4, 0.5) is 0 Å². The Bertz CT molecular complexity index is 628. The van der Waals surface area contributed by atoms with Crippen molar-refractivity contribution in [3.63, 3.8) is 0 Å². The molecule has 1 aromatic carbocycles. The van der Waals surface area contributed by atoms with Gasteiger partial charge in [-0.1, -0.05) is 30.6 Å². The van der Waals surface area contributed by atoms with E-state index in [9.17, 15) is 0 Å². The van der Waals surface area contributed by atoms with Gasteiger partial charge in [0.1, 0.15) is 0 Å². The Morgan fingerprint density at radius 2 is 1.95 bits per heavy atom. The zero-order valence-electron chi connectivity index (χ0n) is 12.4. The number of nitrogens with two attached hydrogens (primary N) is 1. The normalized spacial score (nSPS) is 12.5. The van der Waals surface area contributed by atoms with E-state index >= 15 is 0 Å². The van der Waals surface area contributed by atoms with E-state index in [1.807, 2.05) is 13.8 Å². The second-order valence-electron chi connectivity index (χ2n) is 4.92. The van der Waals surface area contributed by atoms with E-state index in [-0.39, 0.29) is 12.0 Å². The summed E-state index contributed by atoms with van der Waals surface area (Å²) in [5, 5.41) is 4.35. The van der Waals surface area contributed by atoms with Crippen LogP contribution in [0.5, 0.6) is 11.5 Å². The van der Waals surface area contributed by atoms with Gasteiger partial charge in [-0.3, -0.25) is 0 Å². The minimum atomic E-state index is -0.304. The molecule has 21 heavy (non-hydrogen) atoms. The fraction of sp³-hybridized carbons (Fsp3) is 0.429. The van der Waals surface area contributed by atoms with Gasteiger partial charge in [0, 0.05) is 5.56 Å². The van der Waals surface area contributed by atoms with Crippen molar-refractivity contribution in [2.75, 3.05) is 14.2 Å². The minimum absolute atomic E-state index is 0.201. The number of rotatable bonds is 5. The quantitative estimate of drug-likeness (QED) is 0.913. The molecule has 1 atom stereocenters. The van der Waals surface area contributed by atoms with Gasteiger partial charge in [0.15, 0.2) is 11.5 Å². The standard InChI is InChI=1S/C14H18ClN3O3/c1-7(2)11(16)14-17-13(18-21-14)8-5-9(15)12(20-4)10(6-8)19-3/h5-7,11H,16H2,1-4H3/t11-/m1/s1. The van der Waals surface area contributed by atoms with Crippen molar-refractivity contribution in [1.82, 2.24) is 10.1 Å². The molecule has 2 N–H and O–H groups in total. The van der Waals surface area contributed by atoms with E-state index in [0.29, 0.717) is 33.8 Å². The number of ether oxygens (including phenoxy) is 2. The summed E-state index contributed by atoms with van der Waals surface area (Å²) in [6.45, 7) is 3.98. The molecule has 0 aliphatic carbocycles. The maximum Gasteiger partial charge on any atom is 0.244 e. The highest BCUT2D eigenvalue weighted by molar-refractivity contribution is 6.32. The Labute approximate surface area is 128 Å². The molecule has 0 saturated heterocycles. The molecule has 0 bridgehead atoms. The summed E-state index contributed by atoms with van der Waals surface area (Å²) < 4.78 is 15.7. The first kappa shape index (κ1) is 15.6.